The molecule has 1 N–H and O–H groups in total. The van der Waals surface area contributed by atoms with E-state index in [0.29, 0.717) is 6.04 Å². The maximum absolute atomic E-state index is 4.76. The van der Waals surface area contributed by atoms with Crippen molar-refractivity contribution >= 4 is 28.7 Å². The van der Waals surface area contributed by atoms with Crippen LogP contribution in [0.3, 0.4) is 0 Å². The van der Waals surface area contributed by atoms with E-state index < -0.39 is 0 Å². The molecule has 2 fully saturated rings. The highest BCUT2D eigenvalue weighted by atomic mass is 32.2. The molecule has 0 aromatic carbocycles. The van der Waals surface area contributed by atoms with Crippen LogP contribution in [0.25, 0.3) is 0 Å². The van der Waals surface area contributed by atoms with Crippen LogP contribution in [0.1, 0.15) is 39.5 Å². The third-order valence-corrected chi connectivity index (χ3v) is 6.16. The average molecular weight is 272 g/mol. The number of hydrogen-bond acceptors (Lipinski definition) is 3. The Morgan fingerprint density at radius 3 is 2.94 bits per heavy atom. The fourth-order valence-electron chi connectivity index (χ4n) is 2.40. The van der Waals surface area contributed by atoms with Gasteiger partial charge in [-0.1, -0.05) is 24.6 Å². The first-order valence-corrected chi connectivity index (χ1v) is 8.81. The lowest BCUT2D eigenvalue weighted by Gasteiger charge is -2.37. The molecule has 2 atom stereocenters. The summed E-state index contributed by atoms with van der Waals surface area (Å²) in [6, 6.07) is 0.709. The van der Waals surface area contributed by atoms with Crippen molar-refractivity contribution in [2.75, 3.05) is 18.6 Å². The molecule has 2 aliphatic rings. The molecule has 0 spiro atoms. The van der Waals surface area contributed by atoms with E-state index in [1.807, 2.05) is 23.5 Å². The molecule has 1 saturated carbocycles. The maximum Gasteiger partial charge on any atom is 0.156 e. The van der Waals surface area contributed by atoms with Gasteiger partial charge in [0.1, 0.15) is 0 Å². The minimum absolute atomic E-state index is 0.263. The number of aliphatic imine (C=N–C) groups is 1. The van der Waals surface area contributed by atoms with Crippen molar-refractivity contribution in [2.24, 2.45) is 10.9 Å². The summed E-state index contributed by atoms with van der Waals surface area (Å²) < 4.78 is 0.263. The van der Waals surface area contributed by atoms with E-state index in [-0.39, 0.29) is 4.75 Å². The smallest absolute Gasteiger partial charge is 0.156 e. The fraction of sp³-hybridized carbons (Fsp3) is 0.923. The topological polar surface area (TPSA) is 24.4 Å². The Hall–Kier alpha value is 0.170. The zero-order valence-electron chi connectivity index (χ0n) is 11.2. The van der Waals surface area contributed by atoms with Gasteiger partial charge in [-0.15, -0.1) is 0 Å². The van der Waals surface area contributed by atoms with Crippen molar-refractivity contribution in [3.05, 3.63) is 0 Å². The first-order valence-electron chi connectivity index (χ1n) is 6.60. The van der Waals surface area contributed by atoms with Crippen LogP contribution in [-0.4, -0.2) is 34.5 Å². The molecule has 1 heterocycles. The highest BCUT2D eigenvalue weighted by molar-refractivity contribution is 8.13. The van der Waals surface area contributed by atoms with Gasteiger partial charge in [0.2, 0.25) is 0 Å². The number of fused-ring (bicyclic) bond motifs is 1. The van der Waals surface area contributed by atoms with Gasteiger partial charge in [-0.3, -0.25) is 4.99 Å². The molecule has 17 heavy (non-hydrogen) atoms. The molecule has 0 aromatic rings. The second-order valence-corrected chi connectivity index (χ2v) is 8.21. The third-order valence-electron chi connectivity index (χ3n) is 3.81. The Labute approximate surface area is 114 Å². The van der Waals surface area contributed by atoms with Crippen LogP contribution >= 0.6 is 23.5 Å². The zero-order valence-corrected chi connectivity index (χ0v) is 12.8. The fourth-order valence-corrected chi connectivity index (χ4v) is 3.76. The van der Waals surface area contributed by atoms with Crippen LogP contribution in [0.2, 0.25) is 0 Å². The van der Waals surface area contributed by atoms with Crippen molar-refractivity contribution in [3.8, 4) is 0 Å². The second-order valence-electron chi connectivity index (χ2n) is 5.69. The second kappa shape index (κ2) is 5.87. The maximum atomic E-state index is 4.76. The van der Waals surface area contributed by atoms with Gasteiger partial charge in [0.25, 0.3) is 0 Å². The number of rotatable bonds is 3. The van der Waals surface area contributed by atoms with Gasteiger partial charge in [0.05, 0.1) is 6.54 Å². The molecule has 98 valence electrons. The molecular formula is C13H24N2S2. The van der Waals surface area contributed by atoms with Crippen LogP contribution in [-0.2, 0) is 0 Å². The Bertz CT molecular complexity index is 289. The normalized spacial score (nSPS) is 32.1. The van der Waals surface area contributed by atoms with Crippen molar-refractivity contribution in [2.45, 2.75) is 50.3 Å². The Balaban J connectivity index is 1.89. The lowest BCUT2D eigenvalue weighted by atomic mass is 9.86. The Kier molecular flexibility index (Phi) is 4.70. The Morgan fingerprint density at radius 2 is 2.18 bits per heavy atom. The van der Waals surface area contributed by atoms with Gasteiger partial charge < -0.3 is 5.32 Å². The molecule has 0 bridgehead atoms. The first kappa shape index (κ1) is 13.6. The average Bonchev–Trinajstić information content (AvgIpc) is 2.36. The molecular weight excluding hydrogens is 248 g/mol. The monoisotopic (exact) mass is 272 g/mol. The van der Waals surface area contributed by atoms with Crippen molar-refractivity contribution in [1.82, 2.24) is 5.32 Å². The van der Waals surface area contributed by atoms with Gasteiger partial charge in [-0.2, -0.15) is 11.8 Å². The number of hydrogen-bond donors (Lipinski definition) is 1. The first-order chi connectivity index (χ1) is 8.11. The van der Waals surface area contributed by atoms with Gasteiger partial charge in [-0.25, -0.2) is 0 Å². The number of amidine groups is 1. The van der Waals surface area contributed by atoms with Crippen molar-refractivity contribution in [1.29, 1.82) is 0 Å². The number of nitrogens with one attached hydrogen (secondary N) is 1. The number of thioether (sulfide) groups is 2. The van der Waals surface area contributed by atoms with Crippen molar-refractivity contribution in [3.63, 3.8) is 0 Å². The highest BCUT2D eigenvalue weighted by Gasteiger charge is 2.30. The van der Waals surface area contributed by atoms with E-state index in [9.17, 15) is 0 Å². The van der Waals surface area contributed by atoms with Crippen LogP contribution in [0, 0.1) is 5.92 Å². The van der Waals surface area contributed by atoms with Crippen molar-refractivity contribution < 1.29 is 0 Å². The standard InChI is InChI=1S/C13H24N2S2/c1-13(2,16-3)9-14-12-15-11-7-5-4-6-10(11)8-17-12/h10-11H,4-9H2,1-3H3,(H,14,15). The van der Waals surface area contributed by atoms with Crippen LogP contribution in [0.4, 0.5) is 0 Å². The lowest BCUT2D eigenvalue weighted by molar-refractivity contribution is 0.311. The highest BCUT2D eigenvalue weighted by Crippen LogP contribution is 2.32. The van der Waals surface area contributed by atoms with Gasteiger partial charge >= 0.3 is 0 Å². The SMILES string of the molecule is CSC(C)(C)CN=C1NC2CCCCC2CS1. The summed E-state index contributed by atoms with van der Waals surface area (Å²) in [7, 11) is 0. The molecule has 0 amide bonds. The van der Waals surface area contributed by atoms with Gasteiger partial charge in [0.15, 0.2) is 5.17 Å². The predicted molar refractivity (Wildman–Crippen MR) is 81.2 cm³/mol. The summed E-state index contributed by atoms with van der Waals surface area (Å²) in [5.74, 6) is 2.16. The van der Waals surface area contributed by atoms with E-state index in [1.54, 1.807) is 0 Å². The largest absolute Gasteiger partial charge is 0.362 e. The van der Waals surface area contributed by atoms with Gasteiger partial charge in [0, 0.05) is 16.5 Å². The molecule has 1 aliphatic carbocycles. The summed E-state index contributed by atoms with van der Waals surface area (Å²) in [4.78, 5) is 4.76. The summed E-state index contributed by atoms with van der Waals surface area (Å²) in [5.41, 5.74) is 0. The summed E-state index contributed by atoms with van der Waals surface area (Å²) in [6.07, 6.45) is 7.74. The zero-order chi connectivity index (χ0) is 12.3. The molecule has 0 radical (unpaired) electrons. The van der Waals surface area contributed by atoms with E-state index >= 15 is 0 Å². The third kappa shape index (κ3) is 3.82. The molecule has 2 rings (SSSR count). The number of nitrogens with zero attached hydrogens (tertiary/aromatic N) is 1. The lowest BCUT2D eigenvalue weighted by Crippen LogP contribution is -2.46. The molecule has 2 nitrogen and oxygen atoms in total. The van der Waals surface area contributed by atoms with E-state index in [2.05, 4.69) is 25.4 Å². The summed E-state index contributed by atoms with van der Waals surface area (Å²) in [5, 5.41) is 4.85. The van der Waals surface area contributed by atoms with Gasteiger partial charge in [-0.05, 0) is 38.9 Å². The molecule has 0 aromatic heterocycles. The quantitative estimate of drug-likeness (QED) is 0.852. The van der Waals surface area contributed by atoms with Crippen LogP contribution in [0.15, 0.2) is 4.99 Å². The molecule has 1 saturated heterocycles. The van der Waals surface area contributed by atoms with E-state index in [4.69, 9.17) is 4.99 Å². The minimum atomic E-state index is 0.263. The minimum Gasteiger partial charge on any atom is -0.362 e. The summed E-state index contributed by atoms with van der Waals surface area (Å²) in [6.45, 7) is 5.44. The Morgan fingerprint density at radius 1 is 1.41 bits per heavy atom. The van der Waals surface area contributed by atoms with Crippen LogP contribution < -0.4 is 5.32 Å². The predicted octanol–water partition coefficient (Wildman–Crippen LogP) is 3.38. The van der Waals surface area contributed by atoms with E-state index in [1.165, 1.54) is 36.6 Å². The van der Waals surface area contributed by atoms with Crippen LogP contribution in [0.5, 0.6) is 0 Å². The summed E-state index contributed by atoms with van der Waals surface area (Å²) >= 11 is 3.82. The molecule has 1 aliphatic heterocycles. The van der Waals surface area contributed by atoms with E-state index in [0.717, 1.165) is 12.5 Å². The molecule has 2 unspecified atom stereocenters. The molecule has 4 heteroatoms.